The third-order valence-electron chi connectivity index (χ3n) is 2.33. The zero-order chi connectivity index (χ0) is 10.7. The van der Waals surface area contributed by atoms with E-state index in [2.05, 4.69) is 10.3 Å². The Morgan fingerprint density at radius 3 is 3.20 bits per heavy atom. The van der Waals surface area contributed by atoms with Crippen LogP contribution in [0.4, 0.5) is 5.82 Å². The van der Waals surface area contributed by atoms with Gasteiger partial charge in [0.1, 0.15) is 10.8 Å². The molecule has 1 aromatic heterocycles. The van der Waals surface area contributed by atoms with Gasteiger partial charge in [-0.15, -0.1) is 0 Å². The lowest BCUT2D eigenvalue weighted by Gasteiger charge is -2.12. The van der Waals surface area contributed by atoms with Crippen LogP contribution in [0.2, 0.25) is 0 Å². The summed E-state index contributed by atoms with van der Waals surface area (Å²) in [5, 5.41) is 3.39. The number of hydrogen-bond acceptors (Lipinski definition) is 4. The van der Waals surface area contributed by atoms with Crippen molar-refractivity contribution in [3.63, 3.8) is 0 Å². The van der Waals surface area contributed by atoms with Crippen molar-refractivity contribution in [3.8, 4) is 0 Å². The van der Waals surface area contributed by atoms with Crippen molar-refractivity contribution in [2.24, 2.45) is 5.73 Å². The summed E-state index contributed by atoms with van der Waals surface area (Å²) in [6.45, 7) is 0. The van der Waals surface area contributed by atoms with Gasteiger partial charge in [0.15, 0.2) is 0 Å². The lowest BCUT2D eigenvalue weighted by atomic mass is 10.2. The highest BCUT2D eigenvalue weighted by Crippen LogP contribution is 2.20. The SMILES string of the molecule is NC(=S)c1ccnc(NC2CCSC2)c1. The molecule has 1 aromatic rings. The average molecular weight is 239 g/mol. The topological polar surface area (TPSA) is 50.9 Å². The molecule has 5 heteroatoms. The molecule has 0 amide bonds. The van der Waals surface area contributed by atoms with E-state index in [1.807, 2.05) is 23.9 Å². The Kier molecular flexibility index (Phi) is 3.43. The van der Waals surface area contributed by atoms with Gasteiger partial charge < -0.3 is 11.1 Å². The molecule has 0 aliphatic carbocycles. The number of pyridine rings is 1. The van der Waals surface area contributed by atoms with Crippen LogP contribution in [0.25, 0.3) is 0 Å². The highest BCUT2D eigenvalue weighted by Gasteiger charge is 2.15. The van der Waals surface area contributed by atoms with Gasteiger partial charge >= 0.3 is 0 Å². The first kappa shape index (κ1) is 10.7. The van der Waals surface area contributed by atoms with E-state index in [4.69, 9.17) is 18.0 Å². The Morgan fingerprint density at radius 1 is 1.67 bits per heavy atom. The molecule has 15 heavy (non-hydrogen) atoms. The Morgan fingerprint density at radius 2 is 2.53 bits per heavy atom. The molecule has 0 radical (unpaired) electrons. The minimum Gasteiger partial charge on any atom is -0.389 e. The molecule has 2 heterocycles. The second-order valence-corrected chi connectivity index (χ2v) is 5.09. The summed E-state index contributed by atoms with van der Waals surface area (Å²) >= 11 is 6.89. The van der Waals surface area contributed by atoms with Crippen LogP contribution in [0.5, 0.6) is 0 Å². The largest absolute Gasteiger partial charge is 0.389 e. The van der Waals surface area contributed by atoms with Crippen LogP contribution in [0, 0.1) is 0 Å². The summed E-state index contributed by atoms with van der Waals surface area (Å²) in [6.07, 6.45) is 2.93. The quantitative estimate of drug-likeness (QED) is 0.785. The lowest BCUT2D eigenvalue weighted by Crippen LogP contribution is -2.19. The van der Waals surface area contributed by atoms with E-state index in [-0.39, 0.29) is 0 Å². The zero-order valence-corrected chi connectivity index (χ0v) is 9.90. The maximum Gasteiger partial charge on any atom is 0.126 e. The van der Waals surface area contributed by atoms with Crippen molar-refractivity contribution in [3.05, 3.63) is 23.9 Å². The fraction of sp³-hybridized carbons (Fsp3) is 0.400. The van der Waals surface area contributed by atoms with E-state index < -0.39 is 0 Å². The van der Waals surface area contributed by atoms with E-state index in [0.29, 0.717) is 11.0 Å². The highest BCUT2D eigenvalue weighted by atomic mass is 32.2. The summed E-state index contributed by atoms with van der Waals surface area (Å²) in [4.78, 5) is 4.67. The van der Waals surface area contributed by atoms with Crippen LogP contribution < -0.4 is 11.1 Å². The van der Waals surface area contributed by atoms with Crippen molar-refractivity contribution in [2.75, 3.05) is 16.8 Å². The Labute approximate surface area is 98.8 Å². The molecule has 2 rings (SSSR count). The monoisotopic (exact) mass is 239 g/mol. The molecule has 80 valence electrons. The lowest BCUT2D eigenvalue weighted by molar-refractivity contribution is 0.807. The number of aromatic nitrogens is 1. The second-order valence-electron chi connectivity index (χ2n) is 3.50. The van der Waals surface area contributed by atoms with Crippen molar-refractivity contribution >= 4 is 34.8 Å². The number of hydrogen-bond donors (Lipinski definition) is 2. The summed E-state index contributed by atoms with van der Waals surface area (Å²) in [5.74, 6) is 3.25. The maximum absolute atomic E-state index is 5.56. The predicted octanol–water partition coefficient (Wildman–Crippen LogP) is 1.63. The van der Waals surface area contributed by atoms with Crippen LogP contribution in [0.15, 0.2) is 18.3 Å². The fourth-order valence-corrected chi connectivity index (χ4v) is 2.80. The summed E-state index contributed by atoms with van der Waals surface area (Å²) in [5.41, 5.74) is 6.43. The fourth-order valence-electron chi connectivity index (χ4n) is 1.52. The van der Waals surface area contributed by atoms with Gasteiger partial charge in [0.2, 0.25) is 0 Å². The molecule has 1 aliphatic heterocycles. The molecular formula is C10H13N3S2. The van der Waals surface area contributed by atoms with Crippen LogP contribution in [0.1, 0.15) is 12.0 Å². The molecule has 0 bridgehead atoms. The van der Waals surface area contributed by atoms with Crippen molar-refractivity contribution in [2.45, 2.75) is 12.5 Å². The molecule has 0 aromatic carbocycles. The molecule has 0 saturated carbocycles. The van der Waals surface area contributed by atoms with Gasteiger partial charge in [0.25, 0.3) is 0 Å². The Balaban J connectivity index is 2.07. The number of thioether (sulfide) groups is 1. The molecule has 1 atom stereocenters. The number of thiocarbonyl (C=S) groups is 1. The van der Waals surface area contributed by atoms with Gasteiger partial charge in [-0.2, -0.15) is 11.8 Å². The maximum atomic E-state index is 5.56. The van der Waals surface area contributed by atoms with Crippen LogP contribution >= 0.6 is 24.0 Å². The zero-order valence-electron chi connectivity index (χ0n) is 8.27. The summed E-state index contributed by atoms with van der Waals surface area (Å²) < 4.78 is 0. The summed E-state index contributed by atoms with van der Waals surface area (Å²) in [7, 11) is 0. The number of rotatable bonds is 3. The average Bonchev–Trinajstić information content (AvgIpc) is 2.71. The van der Waals surface area contributed by atoms with Crippen LogP contribution in [-0.4, -0.2) is 27.5 Å². The minimum atomic E-state index is 0.418. The van der Waals surface area contributed by atoms with Gasteiger partial charge in [-0.3, -0.25) is 0 Å². The van der Waals surface area contributed by atoms with Gasteiger partial charge in [0.05, 0.1) is 0 Å². The molecular weight excluding hydrogens is 226 g/mol. The van der Waals surface area contributed by atoms with Crippen molar-refractivity contribution in [1.29, 1.82) is 0 Å². The van der Waals surface area contributed by atoms with Crippen molar-refractivity contribution in [1.82, 2.24) is 4.98 Å². The van der Waals surface area contributed by atoms with Gasteiger partial charge in [-0.05, 0) is 24.3 Å². The second kappa shape index (κ2) is 4.81. The molecule has 1 fully saturated rings. The molecule has 1 aliphatic rings. The predicted molar refractivity (Wildman–Crippen MR) is 69.5 cm³/mol. The standard InChI is InChI=1S/C10H13N3S2/c11-10(14)7-1-3-12-9(5-7)13-8-2-4-15-6-8/h1,3,5,8H,2,4,6H2,(H2,11,14)(H,12,13). The smallest absolute Gasteiger partial charge is 0.126 e. The van der Waals surface area contributed by atoms with E-state index in [9.17, 15) is 0 Å². The number of nitrogens with two attached hydrogens (primary N) is 1. The molecule has 1 saturated heterocycles. The molecule has 3 nitrogen and oxygen atoms in total. The van der Waals surface area contributed by atoms with Gasteiger partial charge in [-0.1, -0.05) is 12.2 Å². The first-order valence-corrected chi connectivity index (χ1v) is 6.42. The minimum absolute atomic E-state index is 0.418. The molecule has 1 unspecified atom stereocenters. The Bertz CT molecular complexity index is 361. The van der Waals surface area contributed by atoms with Gasteiger partial charge in [0, 0.05) is 23.6 Å². The Hall–Kier alpha value is -0.810. The van der Waals surface area contributed by atoms with Crippen LogP contribution in [0.3, 0.4) is 0 Å². The normalized spacial score (nSPS) is 20.1. The number of nitrogens with one attached hydrogen (secondary N) is 1. The van der Waals surface area contributed by atoms with Gasteiger partial charge in [-0.25, -0.2) is 4.98 Å². The molecule has 3 N–H and O–H groups in total. The number of nitrogens with zero attached hydrogens (tertiary/aromatic N) is 1. The van der Waals surface area contributed by atoms with Crippen molar-refractivity contribution < 1.29 is 0 Å². The van der Waals surface area contributed by atoms with E-state index >= 15 is 0 Å². The van der Waals surface area contributed by atoms with Crippen LogP contribution in [-0.2, 0) is 0 Å². The third-order valence-corrected chi connectivity index (χ3v) is 3.72. The van der Waals surface area contributed by atoms with E-state index in [1.165, 1.54) is 12.2 Å². The first-order valence-electron chi connectivity index (χ1n) is 4.86. The highest BCUT2D eigenvalue weighted by molar-refractivity contribution is 7.99. The van der Waals surface area contributed by atoms with E-state index in [1.54, 1.807) is 6.20 Å². The van der Waals surface area contributed by atoms with E-state index in [0.717, 1.165) is 17.1 Å². The third kappa shape index (κ3) is 2.82. The number of anilines is 1. The first-order chi connectivity index (χ1) is 7.25. The summed E-state index contributed by atoms with van der Waals surface area (Å²) in [6, 6.07) is 4.27. The molecule has 0 spiro atoms.